The van der Waals surface area contributed by atoms with Crippen molar-refractivity contribution in [1.82, 2.24) is 14.7 Å². The van der Waals surface area contributed by atoms with Crippen molar-refractivity contribution < 1.29 is 14.6 Å². The van der Waals surface area contributed by atoms with Gasteiger partial charge in [-0.05, 0) is 6.92 Å². The second-order valence-corrected chi connectivity index (χ2v) is 4.90. The summed E-state index contributed by atoms with van der Waals surface area (Å²) in [5, 5.41) is 14.2. The van der Waals surface area contributed by atoms with Gasteiger partial charge in [0, 0.05) is 33.3 Å². The minimum Gasteiger partial charge on any atom is -0.389 e. The van der Waals surface area contributed by atoms with E-state index < -0.39 is 6.10 Å². The van der Waals surface area contributed by atoms with Crippen LogP contribution in [0.5, 0.6) is 0 Å². The number of likely N-dealkylation sites (N-methyl/N-ethyl adjacent to an activating group) is 1. The Morgan fingerprint density at radius 1 is 1.63 bits per heavy atom. The summed E-state index contributed by atoms with van der Waals surface area (Å²) in [5.41, 5.74) is 1.47. The number of aliphatic hydroxyl groups is 1. The van der Waals surface area contributed by atoms with Crippen molar-refractivity contribution in [2.75, 3.05) is 27.3 Å². The van der Waals surface area contributed by atoms with Crippen LogP contribution in [0.25, 0.3) is 0 Å². The number of halogens is 1. The lowest BCUT2D eigenvalue weighted by atomic mass is 10.1. The van der Waals surface area contributed by atoms with Gasteiger partial charge in [0.15, 0.2) is 0 Å². The highest BCUT2D eigenvalue weighted by Crippen LogP contribution is 2.19. The first-order valence-electron chi connectivity index (χ1n) is 5.95. The third kappa shape index (κ3) is 4.19. The van der Waals surface area contributed by atoms with Crippen LogP contribution in [0.2, 0.25) is 5.15 Å². The van der Waals surface area contributed by atoms with Crippen molar-refractivity contribution in [3.05, 3.63) is 16.4 Å². The number of hydrogen-bond donors (Lipinski definition) is 1. The number of ether oxygens (including phenoxy) is 1. The normalized spacial score (nSPS) is 12.5. The molecule has 1 rings (SSSR count). The summed E-state index contributed by atoms with van der Waals surface area (Å²) in [6.07, 6.45) is -0.515. The lowest BCUT2D eigenvalue weighted by molar-refractivity contribution is -0.130. The van der Waals surface area contributed by atoms with Crippen molar-refractivity contribution in [3.63, 3.8) is 0 Å². The monoisotopic (exact) mass is 289 g/mol. The molecule has 0 aromatic carbocycles. The summed E-state index contributed by atoms with van der Waals surface area (Å²) in [4.78, 5) is 13.5. The van der Waals surface area contributed by atoms with Gasteiger partial charge in [-0.15, -0.1) is 0 Å². The number of nitrogens with zero attached hydrogens (tertiary/aromatic N) is 3. The number of carbonyl (C=O) groups excluding carboxylic acids is 1. The zero-order chi connectivity index (χ0) is 14.6. The van der Waals surface area contributed by atoms with Gasteiger partial charge in [0.05, 0.1) is 24.8 Å². The Bertz CT molecular complexity index is 448. The van der Waals surface area contributed by atoms with Crippen LogP contribution in [0.4, 0.5) is 0 Å². The van der Waals surface area contributed by atoms with Crippen molar-refractivity contribution in [1.29, 1.82) is 0 Å². The maximum Gasteiger partial charge on any atom is 0.227 e. The number of rotatable bonds is 6. The van der Waals surface area contributed by atoms with E-state index >= 15 is 0 Å². The summed E-state index contributed by atoms with van der Waals surface area (Å²) < 4.78 is 6.36. The molecule has 0 aliphatic carbocycles. The van der Waals surface area contributed by atoms with Crippen LogP contribution >= 0.6 is 11.6 Å². The quantitative estimate of drug-likeness (QED) is 0.823. The van der Waals surface area contributed by atoms with Gasteiger partial charge in [-0.25, -0.2) is 0 Å². The van der Waals surface area contributed by atoms with Crippen LogP contribution < -0.4 is 0 Å². The lowest BCUT2D eigenvalue weighted by Crippen LogP contribution is -2.37. The van der Waals surface area contributed by atoms with Gasteiger partial charge in [0.1, 0.15) is 5.15 Å². The second kappa shape index (κ2) is 6.88. The zero-order valence-corrected chi connectivity index (χ0v) is 12.4. The summed E-state index contributed by atoms with van der Waals surface area (Å²) in [7, 11) is 4.87. The topological polar surface area (TPSA) is 67.6 Å². The minimum atomic E-state index is -0.690. The summed E-state index contributed by atoms with van der Waals surface area (Å²) in [5.74, 6) is -0.117. The van der Waals surface area contributed by atoms with Crippen molar-refractivity contribution in [2.45, 2.75) is 19.4 Å². The van der Waals surface area contributed by atoms with Crippen LogP contribution in [0.15, 0.2) is 0 Å². The maximum atomic E-state index is 12.0. The van der Waals surface area contributed by atoms with E-state index in [1.54, 1.807) is 18.8 Å². The van der Waals surface area contributed by atoms with E-state index in [1.807, 2.05) is 6.92 Å². The van der Waals surface area contributed by atoms with Gasteiger partial charge in [-0.3, -0.25) is 9.48 Å². The minimum absolute atomic E-state index is 0.117. The smallest absolute Gasteiger partial charge is 0.227 e. The van der Waals surface area contributed by atoms with E-state index in [0.717, 1.165) is 11.3 Å². The molecule has 19 heavy (non-hydrogen) atoms. The first-order chi connectivity index (χ1) is 8.86. The van der Waals surface area contributed by atoms with Gasteiger partial charge in [0.2, 0.25) is 5.91 Å². The number of amides is 1. The second-order valence-electron chi connectivity index (χ2n) is 4.54. The molecule has 1 aromatic rings. The molecule has 0 bridgehead atoms. The molecule has 0 spiro atoms. The van der Waals surface area contributed by atoms with Gasteiger partial charge in [0.25, 0.3) is 0 Å². The van der Waals surface area contributed by atoms with E-state index in [-0.39, 0.29) is 25.5 Å². The molecular weight excluding hydrogens is 270 g/mol. The predicted octanol–water partition coefficient (Wildman–Crippen LogP) is 0.390. The lowest BCUT2D eigenvalue weighted by Gasteiger charge is -2.20. The molecule has 0 saturated carbocycles. The standard InChI is InChI=1S/C12H20ClN3O3/c1-8-10(12(13)16(3)14-8)5-11(18)15(2)6-9(17)7-19-4/h9,17H,5-7H2,1-4H3. The first kappa shape index (κ1) is 15.9. The fourth-order valence-electron chi connectivity index (χ4n) is 1.82. The highest BCUT2D eigenvalue weighted by molar-refractivity contribution is 6.30. The maximum absolute atomic E-state index is 12.0. The highest BCUT2D eigenvalue weighted by atomic mass is 35.5. The third-order valence-corrected chi connectivity index (χ3v) is 3.34. The molecule has 1 N–H and O–H groups in total. The van der Waals surface area contributed by atoms with Crippen LogP contribution in [0.1, 0.15) is 11.3 Å². The Balaban J connectivity index is 2.64. The van der Waals surface area contributed by atoms with Gasteiger partial charge in [-0.1, -0.05) is 11.6 Å². The number of aliphatic hydroxyl groups excluding tert-OH is 1. The number of aromatic nitrogens is 2. The molecule has 7 heteroatoms. The van der Waals surface area contributed by atoms with Gasteiger partial charge >= 0.3 is 0 Å². The third-order valence-electron chi connectivity index (χ3n) is 2.87. The molecule has 0 aliphatic rings. The molecule has 0 aliphatic heterocycles. The SMILES string of the molecule is COCC(O)CN(C)C(=O)Cc1c(C)nn(C)c1Cl. The molecule has 1 amide bonds. The Morgan fingerprint density at radius 3 is 2.74 bits per heavy atom. The fourth-order valence-corrected chi connectivity index (χ4v) is 2.07. The van der Waals surface area contributed by atoms with E-state index in [9.17, 15) is 9.90 Å². The van der Waals surface area contributed by atoms with Crippen molar-refractivity contribution >= 4 is 17.5 Å². The van der Waals surface area contributed by atoms with Crippen LogP contribution in [0, 0.1) is 6.92 Å². The van der Waals surface area contributed by atoms with E-state index in [1.165, 1.54) is 12.0 Å². The van der Waals surface area contributed by atoms with E-state index in [2.05, 4.69) is 5.10 Å². The Labute approximate surface area is 117 Å². The van der Waals surface area contributed by atoms with Crippen molar-refractivity contribution in [2.24, 2.45) is 7.05 Å². The molecule has 1 atom stereocenters. The molecule has 108 valence electrons. The zero-order valence-electron chi connectivity index (χ0n) is 11.7. The molecule has 1 aromatic heterocycles. The predicted molar refractivity (Wildman–Crippen MR) is 72.2 cm³/mol. The van der Waals surface area contributed by atoms with E-state index in [4.69, 9.17) is 16.3 Å². The van der Waals surface area contributed by atoms with Crippen LogP contribution in [-0.2, 0) is 23.0 Å². The average Bonchev–Trinajstić information content (AvgIpc) is 2.56. The van der Waals surface area contributed by atoms with Gasteiger partial charge in [-0.2, -0.15) is 5.10 Å². The molecular formula is C12H20ClN3O3. The largest absolute Gasteiger partial charge is 0.389 e. The summed E-state index contributed by atoms with van der Waals surface area (Å²) >= 11 is 6.08. The molecule has 6 nitrogen and oxygen atoms in total. The molecule has 1 unspecified atom stereocenters. The van der Waals surface area contributed by atoms with Gasteiger partial charge < -0.3 is 14.7 Å². The number of carbonyl (C=O) groups is 1. The summed E-state index contributed by atoms with van der Waals surface area (Å²) in [6, 6.07) is 0. The molecule has 0 radical (unpaired) electrons. The van der Waals surface area contributed by atoms with Crippen molar-refractivity contribution in [3.8, 4) is 0 Å². The summed E-state index contributed by atoms with van der Waals surface area (Å²) in [6.45, 7) is 2.24. The Kier molecular flexibility index (Phi) is 5.78. The Hall–Kier alpha value is -1.11. The number of hydrogen-bond acceptors (Lipinski definition) is 4. The molecule has 0 fully saturated rings. The highest BCUT2D eigenvalue weighted by Gasteiger charge is 2.19. The Morgan fingerprint density at radius 2 is 2.26 bits per heavy atom. The number of aryl methyl sites for hydroxylation is 2. The molecule has 1 heterocycles. The van der Waals surface area contributed by atoms with E-state index in [0.29, 0.717) is 5.15 Å². The fraction of sp³-hybridized carbons (Fsp3) is 0.667. The molecule has 0 saturated heterocycles. The van der Waals surface area contributed by atoms with Crippen LogP contribution in [0.3, 0.4) is 0 Å². The average molecular weight is 290 g/mol. The number of methoxy groups -OCH3 is 1. The first-order valence-corrected chi connectivity index (χ1v) is 6.33. The van der Waals surface area contributed by atoms with Crippen LogP contribution in [-0.4, -0.2) is 59.1 Å².